The van der Waals surface area contributed by atoms with Gasteiger partial charge in [0.05, 0.1) is 11.7 Å². The van der Waals surface area contributed by atoms with E-state index in [1.54, 1.807) is 0 Å². The molecule has 0 aromatic rings. The number of fused-ring (bicyclic) bond motifs is 5. The quantitative estimate of drug-likeness (QED) is 0.519. The molecular weight excluding hydrogens is 372 g/mol. The predicted octanol–water partition coefficient (Wildman–Crippen LogP) is 5.47. The molecule has 3 nitrogen and oxygen atoms in total. The molecule has 0 spiro atoms. The minimum Gasteiger partial charge on any atom is -0.390 e. The number of hydrogen-bond donors (Lipinski definition) is 3. The van der Waals surface area contributed by atoms with Gasteiger partial charge in [-0.1, -0.05) is 39.7 Å². The van der Waals surface area contributed by atoms with Crippen LogP contribution in [0.3, 0.4) is 0 Å². The van der Waals surface area contributed by atoms with Crippen molar-refractivity contribution in [3.63, 3.8) is 0 Å². The molecule has 0 unspecified atom stereocenters. The van der Waals surface area contributed by atoms with Crippen LogP contribution in [0.25, 0.3) is 0 Å². The van der Waals surface area contributed by atoms with E-state index in [0.29, 0.717) is 11.3 Å². The molecule has 0 aliphatic heterocycles. The van der Waals surface area contributed by atoms with Gasteiger partial charge in [0.25, 0.3) is 0 Å². The SMILES string of the molecule is C[C@H](CCCC(C)(C)O)[C@H]1CC[C@H]2[C@@H]3CC=C4[C@@H](O)[C@@H](O)CC[C@]4(C)[C@H]3CC[C@]12C. The zero-order valence-electron chi connectivity index (χ0n) is 20.0. The summed E-state index contributed by atoms with van der Waals surface area (Å²) in [6.45, 7) is 11.3. The summed E-state index contributed by atoms with van der Waals surface area (Å²) >= 11 is 0. The second kappa shape index (κ2) is 7.89. The van der Waals surface area contributed by atoms with Gasteiger partial charge < -0.3 is 15.3 Å². The first-order chi connectivity index (χ1) is 14.0. The molecule has 0 amide bonds. The molecule has 3 fully saturated rings. The molecule has 30 heavy (non-hydrogen) atoms. The Labute approximate surface area is 184 Å². The van der Waals surface area contributed by atoms with E-state index in [1.165, 1.54) is 32.1 Å². The highest BCUT2D eigenvalue weighted by molar-refractivity contribution is 5.29. The van der Waals surface area contributed by atoms with Gasteiger partial charge in [0.15, 0.2) is 0 Å². The largest absolute Gasteiger partial charge is 0.390 e. The molecule has 0 aromatic carbocycles. The lowest BCUT2D eigenvalue weighted by Gasteiger charge is -2.59. The molecule has 0 saturated heterocycles. The van der Waals surface area contributed by atoms with Crippen molar-refractivity contribution in [2.24, 2.45) is 40.4 Å². The molecule has 0 heterocycles. The number of allylic oxidation sites excluding steroid dienone is 1. The van der Waals surface area contributed by atoms with E-state index in [4.69, 9.17) is 0 Å². The molecular formula is C27H46O3. The van der Waals surface area contributed by atoms with Crippen molar-refractivity contribution in [3.8, 4) is 0 Å². The van der Waals surface area contributed by atoms with Crippen molar-refractivity contribution in [2.75, 3.05) is 0 Å². The summed E-state index contributed by atoms with van der Waals surface area (Å²) in [5.74, 6) is 3.75. The fourth-order valence-corrected chi connectivity index (χ4v) is 8.75. The maximum absolute atomic E-state index is 10.7. The summed E-state index contributed by atoms with van der Waals surface area (Å²) in [5, 5.41) is 31.0. The summed E-state index contributed by atoms with van der Waals surface area (Å²) in [7, 11) is 0. The highest BCUT2D eigenvalue weighted by atomic mass is 16.3. The van der Waals surface area contributed by atoms with Crippen molar-refractivity contribution in [3.05, 3.63) is 11.6 Å². The fraction of sp³-hybridized carbons (Fsp3) is 0.926. The summed E-state index contributed by atoms with van der Waals surface area (Å²) in [6.07, 6.45) is 12.6. The monoisotopic (exact) mass is 418 g/mol. The van der Waals surface area contributed by atoms with Gasteiger partial charge in [0.2, 0.25) is 0 Å². The number of aliphatic hydroxyl groups excluding tert-OH is 2. The topological polar surface area (TPSA) is 60.7 Å². The van der Waals surface area contributed by atoms with Gasteiger partial charge in [-0.3, -0.25) is 0 Å². The zero-order valence-corrected chi connectivity index (χ0v) is 20.0. The second-order valence-electron chi connectivity index (χ2n) is 12.7. The second-order valence-corrected chi connectivity index (χ2v) is 12.7. The standard InChI is InChI=1S/C27H46O3/c1-17(7-6-14-25(2,3)30)19-10-11-20-18-8-9-22-24(29)23(28)13-16-27(22,5)21(18)12-15-26(19,20)4/h9,17-21,23-24,28-30H,6-8,10-16H2,1-5H3/t17-,18+,19-,20+,21+,23+,24-,26-,27-/m1/s1. The molecule has 3 N–H and O–H groups in total. The van der Waals surface area contributed by atoms with E-state index in [1.807, 2.05) is 13.8 Å². The van der Waals surface area contributed by atoms with Crippen molar-refractivity contribution in [1.29, 1.82) is 0 Å². The molecule has 4 aliphatic rings. The third-order valence-corrected chi connectivity index (χ3v) is 10.4. The van der Waals surface area contributed by atoms with E-state index in [2.05, 4.69) is 26.8 Å². The molecule has 9 atom stereocenters. The van der Waals surface area contributed by atoms with Crippen LogP contribution < -0.4 is 0 Å². The van der Waals surface area contributed by atoms with Crippen LogP contribution in [0.5, 0.6) is 0 Å². The van der Waals surface area contributed by atoms with Crippen LogP contribution in [0.2, 0.25) is 0 Å². The van der Waals surface area contributed by atoms with E-state index in [0.717, 1.165) is 61.3 Å². The molecule has 3 heteroatoms. The van der Waals surface area contributed by atoms with Crippen LogP contribution in [0.15, 0.2) is 11.6 Å². The lowest BCUT2D eigenvalue weighted by atomic mass is 9.46. The number of aliphatic hydroxyl groups is 3. The summed E-state index contributed by atoms with van der Waals surface area (Å²) in [4.78, 5) is 0. The van der Waals surface area contributed by atoms with Crippen molar-refractivity contribution in [1.82, 2.24) is 0 Å². The molecule has 0 aromatic heterocycles. The molecule has 0 radical (unpaired) electrons. The van der Waals surface area contributed by atoms with Gasteiger partial charge in [-0.2, -0.15) is 0 Å². The van der Waals surface area contributed by atoms with Gasteiger partial charge in [-0.05, 0) is 111 Å². The Hall–Kier alpha value is -0.380. The van der Waals surface area contributed by atoms with Crippen LogP contribution >= 0.6 is 0 Å². The summed E-state index contributed by atoms with van der Waals surface area (Å²) < 4.78 is 0. The van der Waals surface area contributed by atoms with E-state index in [-0.39, 0.29) is 5.41 Å². The van der Waals surface area contributed by atoms with Crippen molar-refractivity contribution >= 4 is 0 Å². The number of rotatable bonds is 5. The van der Waals surface area contributed by atoms with Crippen LogP contribution in [0, 0.1) is 40.4 Å². The van der Waals surface area contributed by atoms with Crippen LogP contribution in [0.1, 0.15) is 98.8 Å². The van der Waals surface area contributed by atoms with E-state index in [9.17, 15) is 15.3 Å². The van der Waals surface area contributed by atoms with Crippen molar-refractivity contribution in [2.45, 2.75) is 117 Å². The number of hydrogen-bond acceptors (Lipinski definition) is 3. The maximum atomic E-state index is 10.7. The van der Waals surface area contributed by atoms with Crippen LogP contribution in [-0.4, -0.2) is 33.1 Å². The Morgan fingerprint density at radius 3 is 2.50 bits per heavy atom. The lowest BCUT2D eigenvalue weighted by Crippen LogP contribution is -2.53. The third-order valence-electron chi connectivity index (χ3n) is 10.4. The molecule has 172 valence electrons. The van der Waals surface area contributed by atoms with E-state index < -0.39 is 17.8 Å². The summed E-state index contributed by atoms with van der Waals surface area (Å²) in [6, 6.07) is 0. The Balaban J connectivity index is 1.49. The first-order valence-electron chi connectivity index (χ1n) is 12.8. The average molecular weight is 419 g/mol. The predicted molar refractivity (Wildman–Crippen MR) is 122 cm³/mol. The van der Waals surface area contributed by atoms with Gasteiger partial charge in [0.1, 0.15) is 6.10 Å². The first-order valence-corrected chi connectivity index (χ1v) is 12.8. The minimum absolute atomic E-state index is 0.0826. The Morgan fingerprint density at radius 2 is 1.80 bits per heavy atom. The molecule has 0 bridgehead atoms. The smallest absolute Gasteiger partial charge is 0.101 e. The molecule has 3 saturated carbocycles. The Bertz CT molecular complexity index is 664. The molecule has 4 aliphatic carbocycles. The Kier molecular flexibility index (Phi) is 5.99. The van der Waals surface area contributed by atoms with Gasteiger partial charge in [-0.25, -0.2) is 0 Å². The zero-order chi connectivity index (χ0) is 21.9. The normalized spacial score (nSPS) is 47.1. The highest BCUT2D eigenvalue weighted by Crippen LogP contribution is 2.67. The van der Waals surface area contributed by atoms with Gasteiger partial charge in [-0.15, -0.1) is 0 Å². The third kappa shape index (κ3) is 3.71. The summed E-state index contributed by atoms with van der Waals surface area (Å²) in [5.41, 5.74) is 1.14. The maximum Gasteiger partial charge on any atom is 0.101 e. The first kappa shape index (κ1) is 22.8. The Morgan fingerprint density at radius 1 is 1.07 bits per heavy atom. The van der Waals surface area contributed by atoms with Crippen LogP contribution in [0.4, 0.5) is 0 Å². The van der Waals surface area contributed by atoms with Crippen LogP contribution in [-0.2, 0) is 0 Å². The minimum atomic E-state index is -0.648. The van der Waals surface area contributed by atoms with Gasteiger partial charge >= 0.3 is 0 Å². The van der Waals surface area contributed by atoms with Gasteiger partial charge in [0, 0.05) is 0 Å². The lowest BCUT2D eigenvalue weighted by molar-refractivity contribution is -0.0802. The van der Waals surface area contributed by atoms with E-state index >= 15 is 0 Å². The average Bonchev–Trinajstić information content (AvgIpc) is 3.01. The molecule has 4 rings (SSSR count). The highest BCUT2D eigenvalue weighted by Gasteiger charge is 2.60. The fourth-order valence-electron chi connectivity index (χ4n) is 8.75. The van der Waals surface area contributed by atoms with Crippen molar-refractivity contribution < 1.29 is 15.3 Å².